The molecule has 0 unspecified atom stereocenters. The molecular formula is C28H32N2O12S2. The van der Waals surface area contributed by atoms with E-state index in [1.54, 1.807) is 30.3 Å². The number of nitrogens with one attached hydrogen (secondary N) is 1. The minimum absolute atomic E-state index is 0.00119. The summed E-state index contributed by atoms with van der Waals surface area (Å²) in [6.45, 7) is -0.451. The van der Waals surface area contributed by atoms with Gasteiger partial charge in [0.1, 0.15) is 36.2 Å². The van der Waals surface area contributed by atoms with Crippen molar-refractivity contribution in [1.82, 2.24) is 5.32 Å². The normalized spacial score (nSPS) is 12.5. The van der Waals surface area contributed by atoms with E-state index in [2.05, 4.69) is 17.2 Å². The van der Waals surface area contributed by atoms with E-state index in [0.29, 0.717) is 22.4 Å². The zero-order valence-corrected chi connectivity index (χ0v) is 25.2. The maximum Gasteiger partial charge on any atom is 0.303 e. The molecule has 0 spiro atoms. The van der Waals surface area contributed by atoms with E-state index in [4.69, 9.17) is 23.7 Å². The molecule has 2 aromatic carbocycles. The van der Waals surface area contributed by atoms with E-state index in [1.807, 2.05) is 0 Å². The minimum atomic E-state index is -4.26. The van der Waals surface area contributed by atoms with E-state index in [0.717, 1.165) is 0 Å². The van der Waals surface area contributed by atoms with Gasteiger partial charge < -0.3 is 24.8 Å². The number of carboxylic acids is 1. The molecule has 0 atom stereocenters. The number of ether oxygens (including phenoxy) is 2. The molecule has 16 heteroatoms. The van der Waals surface area contributed by atoms with Crippen LogP contribution >= 0.6 is 0 Å². The number of hydrogen-bond donors (Lipinski definition) is 4. The summed E-state index contributed by atoms with van der Waals surface area (Å²) in [4.78, 5) is 37.8. The largest absolute Gasteiger partial charge is 0.492 e. The minimum Gasteiger partial charge on any atom is -0.492 e. The molecule has 4 N–H and O–H groups in total. The third kappa shape index (κ3) is 11.8. The SMILES string of the molecule is O=C(O)CCCNC(=O)CCCC(=O)N1Cc2cc(OCCS(=O)(=O)O)ccc2C#Cc2ccc(OCCS(=O)(=O)O)cc21. The van der Waals surface area contributed by atoms with Crippen molar-refractivity contribution < 1.29 is 54.9 Å². The lowest BCUT2D eigenvalue weighted by Gasteiger charge is -2.27. The summed E-state index contributed by atoms with van der Waals surface area (Å²) in [5, 5.41) is 11.3. The number of aliphatic carboxylic acids is 1. The molecule has 44 heavy (non-hydrogen) atoms. The molecule has 2 amide bonds. The Morgan fingerprint density at radius 3 is 2.02 bits per heavy atom. The highest BCUT2D eigenvalue weighted by Crippen LogP contribution is 2.31. The van der Waals surface area contributed by atoms with Gasteiger partial charge in [-0.05, 0) is 48.7 Å². The van der Waals surface area contributed by atoms with E-state index in [9.17, 15) is 31.2 Å². The maximum absolute atomic E-state index is 13.6. The Balaban J connectivity index is 1.82. The fourth-order valence-electron chi connectivity index (χ4n) is 4.08. The maximum atomic E-state index is 13.6. The number of carbonyl (C=O) groups is 3. The smallest absolute Gasteiger partial charge is 0.303 e. The van der Waals surface area contributed by atoms with Crippen LogP contribution in [0.1, 0.15) is 48.8 Å². The van der Waals surface area contributed by atoms with Crippen molar-refractivity contribution in [2.24, 2.45) is 0 Å². The average molecular weight is 653 g/mol. The summed E-state index contributed by atoms with van der Waals surface area (Å²) < 4.78 is 73.2. The van der Waals surface area contributed by atoms with Crippen molar-refractivity contribution in [2.45, 2.75) is 38.6 Å². The van der Waals surface area contributed by atoms with Gasteiger partial charge >= 0.3 is 5.97 Å². The first-order valence-corrected chi connectivity index (χ1v) is 16.7. The van der Waals surface area contributed by atoms with Crippen molar-refractivity contribution in [3.8, 4) is 23.3 Å². The molecule has 0 saturated heterocycles. The molecular weight excluding hydrogens is 620 g/mol. The number of anilines is 1. The van der Waals surface area contributed by atoms with Gasteiger partial charge in [0.2, 0.25) is 11.8 Å². The summed E-state index contributed by atoms with van der Waals surface area (Å²) in [5.41, 5.74) is 1.96. The number of carboxylic acid groups (broad SMARTS) is 1. The van der Waals surface area contributed by atoms with Crippen LogP contribution in [0.2, 0.25) is 0 Å². The highest BCUT2D eigenvalue weighted by atomic mass is 32.2. The Morgan fingerprint density at radius 2 is 1.41 bits per heavy atom. The van der Waals surface area contributed by atoms with Crippen LogP contribution in [0.5, 0.6) is 11.5 Å². The van der Waals surface area contributed by atoms with Crippen LogP contribution in [-0.4, -0.2) is 80.1 Å². The number of carbonyl (C=O) groups excluding carboxylic acids is 2. The van der Waals surface area contributed by atoms with Gasteiger partial charge in [0.05, 0.1) is 12.2 Å². The number of amides is 2. The number of rotatable bonds is 16. The molecule has 14 nitrogen and oxygen atoms in total. The predicted molar refractivity (Wildman–Crippen MR) is 158 cm³/mol. The lowest BCUT2D eigenvalue weighted by molar-refractivity contribution is -0.137. The molecule has 0 saturated carbocycles. The Morgan fingerprint density at radius 1 is 0.818 bits per heavy atom. The molecule has 0 bridgehead atoms. The van der Waals surface area contributed by atoms with Gasteiger partial charge in [0.25, 0.3) is 20.2 Å². The van der Waals surface area contributed by atoms with Crippen LogP contribution < -0.4 is 19.7 Å². The van der Waals surface area contributed by atoms with E-state index >= 15 is 0 Å². The molecule has 3 rings (SSSR count). The van der Waals surface area contributed by atoms with E-state index < -0.39 is 37.7 Å². The molecule has 0 radical (unpaired) electrons. The standard InChI is InChI=1S/C28H32N2O12S2/c31-26(29-12-2-5-28(33)34)3-1-4-27(32)30-19-22-17-23(41-13-15-43(35,36)37)10-8-20(22)6-7-21-9-11-24(18-25(21)30)42-14-16-44(38,39)40/h8-11,17-18H,1-5,12-16,19H2,(H,29,31)(H,33,34)(H,35,36,37)(H,38,39,40). The van der Waals surface area contributed by atoms with Gasteiger partial charge in [0, 0.05) is 43.0 Å². The number of benzene rings is 2. The molecule has 0 aromatic heterocycles. The summed E-state index contributed by atoms with van der Waals surface area (Å²) >= 11 is 0. The fourth-order valence-corrected chi connectivity index (χ4v) is 4.66. The van der Waals surface area contributed by atoms with Crippen LogP contribution in [0.15, 0.2) is 36.4 Å². The Kier molecular flexibility index (Phi) is 12.1. The van der Waals surface area contributed by atoms with Gasteiger partial charge in [-0.25, -0.2) is 0 Å². The fraction of sp³-hybridized carbons (Fsp3) is 0.393. The number of fused-ring (bicyclic) bond motifs is 2. The second-order valence-electron chi connectivity index (χ2n) is 9.70. The van der Waals surface area contributed by atoms with Crippen molar-refractivity contribution in [1.29, 1.82) is 0 Å². The van der Waals surface area contributed by atoms with Crippen molar-refractivity contribution >= 4 is 43.7 Å². The lowest BCUT2D eigenvalue weighted by Crippen LogP contribution is -2.32. The van der Waals surface area contributed by atoms with E-state index in [-0.39, 0.29) is 81.7 Å². The molecule has 0 fully saturated rings. The summed E-state index contributed by atoms with van der Waals surface area (Å²) in [6, 6.07) is 9.49. The molecule has 0 aliphatic carbocycles. The summed E-state index contributed by atoms with van der Waals surface area (Å²) in [5.74, 6) is 3.64. The van der Waals surface area contributed by atoms with Gasteiger partial charge in [-0.3, -0.25) is 23.5 Å². The van der Waals surface area contributed by atoms with Gasteiger partial charge in [-0.1, -0.05) is 11.8 Å². The molecule has 1 heterocycles. The van der Waals surface area contributed by atoms with Gasteiger partial charge in [-0.2, -0.15) is 16.8 Å². The summed E-state index contributed by atoms with van der Waals surface area (Å²) in [6.07, 6.45) is 0.383. The van der Waals surface area contributed by atoms with Crippen molar-refractivity contribution in [3.63, 3.8) is 0 Å². The van der Waals surface area contributed by atoms with Crippen LogP contribution in [-0.2, 0) is 41.2 Å². The van der Waals surface area contributed by atoms with Gasteiger partial charge in [-0.15, -0.1) is 0 Å². The molecule has 238 valence electrons. The Bertz CT molecular complexity index is 1660. The Labute approximate surface area is 254 Å². The third-order valence-corrected chi connectivity index (χ3v) is 7.57. The van der Waals surface area contributed by atoms with Gasteiger partial charge in [0.15, 0.2) is 0 Å². The zero-order chi connectivity index (χ0) is 32.3. The van der Waals surface area contributed by atoms with E-state index in [1.165, 1.54) is 11.0 Å². The molecule has 1 aliphatic heterocycles. The third-order valence-electron chi connectivity index (χ3n) is 6.20. The van der Waals surface area contributed by atoms with Crippen LogP contribution in [0.25, 0.3) is 0 Å². The second-order valence-corrected chi connectivity index (χ2v) is 12.8. The first kappa shape index (κ1) is 34.3. The topological polar surface area (TPSA) is 214 Å². The number of nitrogens with zero attached hydrogens (tertiary/aromatic N) is 1. The predicted octanol–water partition coefficient (Wildman–Crippen LogP) is 1.62. The quantitative estimate of drug-likeness (QED) is 0.116. The first-order chi connectivity index (χ1) is 20.7. The number of hydrogen-bond acceptors (Lipinski definition) is 9. The highest BCUT2D eigenvalue weighted by molar-refractivity contribution is 7.86. The lowest BCUT2D eigenvalue weighted by atomic mass is 10.0. The van der Waals surface area contributed by atoms with Crippen molar-refractivity contribution in [3.05, 3.63) is 53.1 Å². The Hall–Kier alpha value is -4.17. The van der Waals surface area contributed by atoms with Crippen LogP contribution in [0, 0.1) is 11.8 Å². The molecule has 1 aliphatic rings. The monoisotopic (exact) mass is 652 g/mol. The highest BCUT2D eigenvalue weighted by Gasteiger charge is 2.23. The van der Waals surface area contributed by atoms with Crippen LogP contribution in [0.3, 0.4) is 0 Å². The molecule has 2 aromatic rings. The van der Waals surface area contributed by atoms with Crippen LogP contribution in [0.4, 0.5) is 5.69 Å². The first-order valence-electron chi connectivity index (χ1n) is 13.4. The summed E-state index contributed by atoms with van der Waals surface area (Å²) in [7, 11) is -8.49. The second kappa shape index (κ2) is 15.5. The average Bonchev–Trinajstić information content (AvgIpc) is 2.91. The van der Waals surface area contributed by atoms with Crippen molar-refractivity contribution in [2.75, 3.05) is 36.2 Å². The zero-order valence-electron chi connectivity index (χ0n) is 23.5.